The van der Waals surface area contributed by atoms with Crippen LogP contribution in [0.15, 0.2) is 35.4 Å². The van der Waals surface area contributed by atoms with Crippen LogP contribution in [0.4, 0.5) is 0 Å². The van der Waals surface area contributed by atoms with E-state index in [2.05, 4.69) is 33.1 Å². The van der Waals surface area contributed by atoms with E-state index in [-0.39, 0.29) is 0 Å². The number of carboxylic acid groups (broad SMARTS) is 1. The summed E-state index contributed by atoms with van der Waals surface area (Å²) in [7, 11) is 2.02. The van der Waals surface area contributed by atoms with Crippen molar-refractivity contribution >= 4 is 34.3 Å². The summed E-state index contributed by atoms with van der Waals surface area (Å²) < 4.78 is 4.42. The Morgan fingerprint density at radius 3 is 2.96 bits per heavy atom. The second kappa shape index (κ2) is 6.26. The van der Waals surface area contributed by atoms with Crippen molar-refractivity contribution in [1.29, 1.82) is 0 Å². The average molecular weight is 356 g/mol. The van der Waals surface area contributed by atoms with Crippen LogP contribution in [0.1, 0.15) is 29.5 Å². The number of aromatic nitrogens is 2. The highest BCUT2D eigenvalue weighted by Gasteiger charge is 2.31. The molecule has 1 saturated heterocycles. The molecule has 2 aromatic rings. The molecule has 2 aliphatic heterocycles. The zero-order chi connectivity index (χ0) is 17.6. The third-order valence-corrected chi connectivity index (χ3v) is 6.15. The third-order valence-electron chi connectivity index (χ3n) is 5.07. The van der Waals surface area contributed by atoms with Gasteiger partial charge in [-0.05, 0) is 31.2 Å². The molecule has 5 nitrogen and oxygen atoms in total. The third kappa shape index (κ3) is 2.65. The Kier molecular flexibility index (Phi) is 4.07. The SMILES string of the molecule is CCN1CCSC1=CC=C1CCn2c1[n+](C)c1cc(C(=O)O)ccc12. The fourth-order valence-electron chi connectivity index (χ4n) is 3.78. The largest absolute Gasteiger partial charge is 0.478 e. The zero-order valence-electron chi connectivity index (χ0n) is 14.5. The van der Waals surface area contributed by atoms with E-state index < -0.39 is 5.97 Å². The molecule has 0 amide bonds. The van der Waals surface area contributed by atoms with E-state index in [9.17, 15) is 9.90 Å². The number of hydrogen-bond donors (Lipinski definition) is 1. The highest BCUT2D eigenvalue weighted by atomic mass is 32.2. The van der Waals surface area contributed by atoms with Gasteiger partial charge in [0.1, 0.15) is 0 Å². The molecule has 0 aliphatic carbocycles. The van der Waals surface area contributed by atoms with Crippen LogP contribution in [0, 0.1) is 0 Å². The van der Waals surface area contributed by atoms with E-state index in [1.54, 1.807) is 12.1 Å². The van der Waals surface area contributed by atoms with Gasteiger partial charge in [-0.1, -0.05) is 0 Å². The van der Waals surface area contributed by atoms with Gasteiger partial charge in [-0.3, -0.25) is 0 Å². The predicted molar refractivity (Wildman–Crippen MR) is 100 cm³/mol. The maximum absolute atomic E-state index is 11.3. The van der Waals surface area contributed by atoms with Gasteiger partial charge in [0, 0.05) is 36.9 Å². The number of carbonyl (C=O) groups is 1. The fourth-order valence-corrected chi connectivity index (χ4v) is 4.87. The molecule has 0 atom stereocenters. The maximum atomic E-state index is 11.3. The van der Waals surface area contributed by atoms with E-state index in [0.717, 1.165) is 42.8 Å². The van der Waals surface area contributed by atoms with Gasteiger partial charge in [-0.25, -0.2) is 13.9 Å². The summed E-state index contributed by atoms with van der Waals surface area (Å²) in [5, 5.41) is 10.6. The number of allylic oxidation sites excluding steroid dienone is 3. The number of aryl methyl sites for hydroxylation is 2. The molecule has 4 rings (SSSR count). The van der Waals surface area contributed by atoms with Crippen LogP contribution in [0.25, 0.3) is 16.6 Å². The average Bonchev–Trinajstić information content (AvgIpc) is 3.30. The van der Waals surface area contributed by atoms with Gasteiger partial charge in [0.15, 0.2) is 11.0 Å². The molecule has 1 aromatic heterocycles. The number of imidazole rings is 1. The highest BCUT2D eigenvalue weighted by Crippen LogP contribution is 2.32. The molecule has 25 heavy (non-hydrogen) atoms. The first-order valence-electron chi connectivity index (χ1n) is 8.64. The molecule has 0 bridgehead atoms. The molecule has 3 heterocycles. The summed E-state index contributed by atoms with van der Waals surface area (Å²) in [4.78, 5) is 13.7. The standard InChI is InChI=1S/C19H21N3O2S/c1-3-21-10-11-25-17(21)7-5-13-8-9-22-15-6-4-14(19(23)24)12-16(15)20(2)18(13)22/h4-7,12H,3,8-11H2,1-2H3/p+1. The first-order chi connectivity index (χ1) is 12.1. The number of aromatic carboxylic acids is 1. The Morgan fingerprint density at radius 2 is 2.20 bits per heavy atom. The number of nitrogens with zero attached hydrogens (tertiary/aromatic N) is 3. The Bertz CT molecular complexity index is 926. The molecular weight excluding hydrogens is 334 g/mol. The lowest BCUT2D eigenvalue weighted by atomic mass is 10.2. The summed E-state index contributed by atoms with van der Waals surface area (Å²) >= 11 is 1.92. The number of rotatable bonds is 3. The number of benzene rings is 1. The lowest BCUT2D eigenvalue weighted by Crippen LogP contribution is -2.31. The number of thioether (sulfide) groups is 1. The first kappa shape index (κ1) is 16.3. The van der Waals surface area contributed by atoms with Crippen molar-refractivity contribution in [3.63, 3.8) is 0 Å². The Morgan fingerprint density at radius 1 is 1.36 bits per heavy atom. The van der Waals surface area contributed by atoms with Gasteiger partial charge in [-0.2, -0.15) is 0 Å². The minimum atomic E-state index is -0.883. The Hall–Kier alpha value is -2.21. The molecule has 2 aliphatic rings. The van der Waals surface area contributed by atoms with Crippen molar-refractivity contribution in [2.45, 2.75) is 19.9 Å². The van der Waals surface area contributed by atoms with Crippen molar-refractivity contribution in [2.24, 2.45) is 7.05 Å². The van der Waals surface area contributed by atoms with Crippen LogP contribution in [0.3, 0.4) is 0 Å². The lowest BCUT2D eigenvalue weighted by Gasteiger charge is -2.15. The Balaban J connectivity index is 1.77. The summed E-state index contributed by atoms with van der Waals surface area (Å²) in [6.07, 6.45) is 5.50. The van der Waals surface area contributed by atoms with E-state index in [1.165, 1.54) is 16.4 Å². The van der Waals surface area contributed by atoms with E-state index >= 15 is 0 Å². The van der Waals surface area contributed by atoms with Crippen molar-refractivity contribution in [3.8, 4) is 0 Å². The van der Waals surface area contributed by atoms with Gasteiger partial charge < -0.3 is 10.0 Å². The second-order valence-corrected chi connectivity index (χ2v) is 7.53. The van der Waals surface area contributed by atoms with E-state index in [4.69, 9.17) is 0 Å². The monoisotopic (exact) mass is 356 g/mol. The molecule has 0 radical (unpaired) electrons. The smallest absolute Gasteiger partial charge is 0.335 e. The molecule has 1 aromatic carbocycles. The molecular formula is C19H22N3O2S+. The maximum Gasteiger partial charge on any atom is 0.335 e. The number of carboxylic acids is 1. The molecule has 0 saturated carbocycles. The molecule has 130 valence electrons. The molecule has 6 heteroatoms. The van der Waals surface area contributed by atoms with Crippen LogP contribution in [0.5, 0.6) is 0 Å². The number of fused-ring (bicyclic) bond motifs is 3. The van der Waals surface area contributed by atoms with Crippen LogP contribution in [-0.4, -0.2) is 39.4 Å². The van der Waals surface area contributed by atoms with Gasteiger partial charge >= 0.3 is 5.97 Å². The normalized spacial score (nSPS) is 20.2. The topological polar surface area (TPSA) is 49.4 Å². The summed E-state index contributed by atoms with van der Waals surface area (Å²) in [5.41, 5.74) is 3.72. The summed E-state index contributed by atoms with van der Waals surface area (Å²) in [6, 6.07) is 5.38. The Labute approximate surface area is 151 Å². The van der Waals surface area contributed by atoms with Gasteiger partial charge in [0.05, 0.1) is 24.2 Å². The molecule has 0 spiro atoms. The van der Waals surface area contributed by atoms with E-state index in [0.29, 0.717) is 5.56 Å². The minimum Gasteiger partial charge on any atom is -0.478 e. The summed E-state index contributed by atoms with van der Waals surface area (Å²) in [5.74, 6) is 1.46. The first-order valence-corrected chi connectivity index (χ1v) is 9.63. The molecule has 0 unspecified atom stereocenters. The van der Waals surface area contributed by atoms with Gasteiger partial charge in [0.25, 0.3) is 5.82 Å². The van der Waals surface area contributed by atoms with Crippen LogP contribution in [-0.2, 0) is 13.6 Å². The van der Waals surface area contributed by atoms with Crippen molar-refractivity contribution in [3.05, 3.63) is 46.8 Å². The summed E-state index contributed by atoms with van der Waals surface area (Å²) in [6.45, 7) is 5.31. The number of hydrogen-bond acceptors (Lipinski definition) is 3. The predicted octanol–water partition coefficient (Wildman–Crippen LogP) is 2.86. The molecule has 1 fully saturated rings. The van der Waals surface area contributed by atoms with Gasteiger partial charge in [0.2, 0.25) is 0 Å². The quantitative estimate of drug-likeness (QED) is 0.859. The van der Waals surface area contributed by atoms with Gasteiger partial charge in [-0.15, -0.1) is 11.8 Å². The van der Waals surface area contributed by atoms with Crippen LogP contribution >= 0.6 is 11.8 Å². The molecule has 1 N–H and O–H groups in total. The minimum absolute atomic E-state index is 0.334. The second-order valence-electron chi connectivity index (χ2n) is 6.42. The van der Waals surface area contributed by atoms with Crippen LogP contribution in [0.2, 0.25) is 0 Å². The zero-order valence-corrected chi connectivity index (χ0v) is 15.3. The highest BCUT2D eigenvalue weighted by molar-refractivity contribution is 8.03. The van der Waals surface area contributed by atoms with Crippen molar-refractivity contribution < 1.29 is 14.5 Å². The van der Waals surface area contributed by atoms with Crippen molar-refractivity contribution in [1.82, 2.24) is 9.47 Å². The van der Waals surface area contributed by atoms with Crippen LogP contribution < -0.4 is 4.57 Å². The fraction of sp³-hybridized carbons (Fsp3) is 0.368. The van der Waals surface area contributed by atoms with E-state index in [1.807, 2.05) is 24.9 Å². The van der Waals surface area contributed by atoms with Crippen molar-refractivity contribution in [2.75, 3.05) is 18.8 Å². The lowest BCUT2D eigenvalue weighted by molar-refractivity contribution is -0.647.